The smallest absolute Gasteiger partial charge is 0.257 e. The number of morpholine rings is 1. The minimum absolute atomic E-state index is 0.185. The highest BCUT2D eigenvalue weighted by Gasteiger charge is 2.09. The number of nitrogens with one attached hydrogen (secondary N) is 3. The maximum Gasteiger partial charge on any atom is 0.257 e. The van der Waals surface area contributed by atoms with Gasteiger partial charge >= 0.3 is 0 Å². The number of benzene rings is 1. The van der Waals surface area contributed by atoms with Crippen LogP contribution in [0.25, 0.3) is 10.9 Å². The van der Waals surface area contributed by atoms with Gasteiger partial charge in [-0.05, 0) is 29.7 Å². The van der Waals surface area contributed by atoms with Crippen molar-refractivity contribution in [3.63, 3.8) is 0 Å². The first-order valence-electron chi connectivity index (χ1n) is 8.21. The summed E-state index contributed by atoms with van der Waals surface area (Å²) in [6.45, 7) is 5.10. The van der Waals surface area contributed by atoms with Crippen molar-refractivity contribution in [2.75, 3.05) is 39.4 Å². The summed E-state index contributed by atoms with van der Waals surface area (Å²) in [4.78, 5) is 17.2. The van der Waals surface area contributed by atoms with E-state index in [0.717, 1.165) is 50.3 Å². The average Bonchev–Trinajstić information content (AvgIpc) is 2.63. The minimum atomic E-state index is -0.185. The molecule has 7 nitrogen and oxygen atoms in total. The number of hydrogen-bond acceptors (Lipinski definition) is 5. The molecule has 3 rings (SSSR count). The molecule has 0 aliphatic carbocycles. The van der Waals surface area contributed by atoms with Crippen molar-refractivity contribution in [1.29, 1.82) is 0 Å². The van der Waals surface area contributed by atoms with Gasteiger partial charge in [-0.1, -0.05) is 18.2 Å². The van der Waals surface area contributed by atoms with E-state index in [1.807, 2.05) is 24.3 Å². The topological polar surface area (TPSA) is 81.8 Å². The largest absolute Gasteiger partial charge is 0.379 e. The number of nitrogens with zero attached hydrogens (tertiary/aromatic N) is 2. The predicted molar refractivity (Wildman–Crippen MR) is 103 cm³/mol. The van der Waals surface area contributed by atoms with Gasteiger partial charge in [0.15, 0.2) is 5.11 Å². The molecule has 2 heterocycles. The Morgan fingerprint density at radius 2 is 2.16 bits per heavy atom. The first-order valence-corrected chi connectivity index (χ1v) is 8.62. The van der Waals surface area contributed by atoms with Crippen LogP contribution >= 0.6 is 12.2 Å². The Morgan fingerprint density at radius 3 is 3.00 bits per heavy atom. The molecule has 0 radical (unpaired) electrons. The van der Waals surface area contributed by atoms with E-state index in [2.05, 4.69) is 25.7 Å². The molecule has 0 atom stereocenters. The number of para-hydroxylation sites is 1. The van der Waals surface area contributed by atoms with Crippen molar-refractivity contribution in [2.45, 2.75) is 0 Å². The van der Waals surface area contributed by atoms with Crippen LogP contribution in [0, 0.1) is 0 Å². The molecule has 3 N–H and O–H groups in total. The van der Waals surface area contributed by atoms with Crippen LogP contribution in [0.2, 0.25) is 0 Å². The van der Waals surface area contributed by atoms with Crippen LogP contribution in [0.3, 0.4) is 0 Å². The van der Waals surface area contributed by atoms with Crippen molar-refractivity contribution in [3.05, 3.63) is 46.2 Å². The molecule has 1 aliphatic rings. The molecule has 1 fully saturated rings. The van der Waals surface area contributed by atoms with E-state index in [0.29, 0.717) is 10.7 Å². The lowest BCUT2D eigenvalue weighted by molar-refractivity contribution is 0.0389. The van der Waals surface area contributed by atoms with E-state index in [4.69, 9.17) is 17.0 Å². The molecule has 1 aromatic carbocycles. The Bertz CT molecular complexity index is 814. The van der Waals surface area contributed by atoms with E-state index in [1.165, 1.54) is 6.21 Å². The molecule has 1 saturated heterocycles. The van der Waals surface area contributed by atoms with Crippen LogP contribution in [0.1, 0.15) is 5.56 Å². The van der Waals surface area contributed by atoms with Crippen LogP contribution in [0.4, 0.5) is 0 Å². The zero-order valence-electron chi connectivity index (χ0n) is 13.8. The zero-order valence-corrected chi connectivity index (χ0v) is 14.6. The van der Waals surface area contributed by atoms with Crippen molar-refractivity contribution in [3.8, 4) is 0 Å². The summed E-state index contributed by atoms with van der Waals surface area (Å²) in [6.07, 6.45) is 1.47. The number of thiocarbonyl (C=S) groups is 1. The number of aromatic nitrogens is 1. The lowest BCUT2D eigenvalue weighted by atomic mass is 10.2. The van der Waals surface area contributed by atoms with E-state index in [1.54, 1.807) is 6.07 Å². The van der Waals surface area contributed by atoms with Crippen molar-refractivity contribution in [1.82, 2.24) is 20.6 Å². The van der Waals surface area contributed by atoms with Crippen molar-refractivity contribution >= 4 is 34.4 Å². The van der Waals surface area contributed by atoms with Gasteiger partial charge in [0.2, 0.25) is 0 Å². The van der Waals surface area contributed by atoms with Gasteiger partial charge in [-0.25, -0.2) is 0 Å². The molecule has 0 bridgehead atoms. The SMILES string of the molecule is O=c1[nH]c2ccccc2cc1/C=N/NC(=S)NCCN1CCOCC1. The lowest BCUT2D eigenvalue weighted by Gasteiger charge is -2.26. The van der Waals surface area contributed by atoms with Crippen LogP contribution in [0.15, 0.2) is 40.2 Å². The maximum atomic E-state index is 12.0. The molecule has 2 aromatic rings. The van der Waals surface area contributed by atoms with Crippen LogP contribution in [0.5, 0.6) is 0 Å². The monoisotopic (exact) mass is 359 g/mol. The number of fused-ring (bicyclic) bond motifs is 1. The highest BCUT2D eigenvalue weighted by atomic mass is 32.1. The second kappa shape index (κ2) is 8.70. The molecule has 0 spiro atoms. The lowest BCUT2D eigenvalue weighted by Crippen LogP contribution is -2.42. The summed E-state index contributed by atoms with van der Waals surface area (Å²) in [6, 6.07) is 9.41. The molecule has 132 valence electrons. The highest BCUT2D eigenvalue weighted by molar-refractivity contribution is 7.80. The van der Waals surface area contributed by atoms with Gasteiger partial charge in [-0.15, -0.1) is 0 Å². The summed E-state index contributed by atoms with van der Waals surface area (Å²) in [7, 11) is 0. The van der Waals surface area contributed by atoms with Crippen molar-refractivity contribution in [2.24, 2.45) is 5.10 Å². The number of hydrazone groups is 1. The molecular formula is C17H21N5O2S. The fourth-order valence-corrected chi connectivity index (χ4v) is 2.77. The number of H-pyrrole nitrogens is 1. The normalized spacial score (nSPS) is 15.5. The number of hydrogen-bond donors (Lipinski definition) is 3. The van der Waals surface area contributed by atoms with Crippen LogP contribution in [-0.4, -0.2) is 60.6 Å². The van der Waals surface area contributed by atoms with Gasteiger partial charge in [0, 0.05) is 31.7 Å². The Morgan fingerprint density at radius 1 is 1.36 bits per heavy atom. The highest BCUT2D eigenvalue weighted by Crippen LogP contribution is 2.08. The quantitative estimate of drug-likeness (QED) is 0.413. The van der Waals surface area contributed by atoms with Gasteiger partial charge in [0.1, 0.15) is 0 Å². The van der Waals surface area contributed by atoms with Crippen LogP contribution < -0.4 is 16.3 Å². The summed E-state index contributed by atoms with van der Waals surface area (Å²) in [5.41, 5.74) is 3.83. The minimum Gasteiger partial charge on any atom is -0.379 e. The molecule has 1 aromatic heterocycles. The first-order chi connectivity index (χ1) is 12.2. The van der Waals surface area contributed by atoms with Gasteiger partial charge in [-0.3, -0.25) is 15.1 Å². The fraction of sp³-hybridized carbons (Fsp3) is 0.353. The Kier molecular flexibility index (Phi) is 6.10. The van der Waals surface area contributed by atoms with E-state index < -0.39 is 0 Å². The number of rotatable bonds is 5. The predicted octanol–water partition coefficient (Wildman–Crippen LogP) is 0.658. The third-order valence-electron chi connectivity index (χ3n) is 3.97. The number of aromatic amines is 1. The van der Waals surface area contributed by atoms with Gasteiger partial charge in [-0.2, -0.15) is 5.10 Å². The van der Waals surface area contributed by atoms with E-state index in [9.17, 15) is 4.79 Å². The van der Waals surface area contributed by atoms with E-state index in [-0.39, 0.29) is 5.56 Å². The molecule has 0 saturated carbocycles. The summed E-state index contributed by atoms with van der Waals surface area (Å²) >= 11 is 5.18. The summed E-state index contributed by atoms with van der Waals surface area (Å²) in [5, 5.41) is 8.53. The zero-order chi connectivity index (χ0) is 17.5. The maximum absolute atomic E-state index is 12.0. The number of ether oxygens (including phenoxy) is 1. The third kappa shape index (κ3) is 5.09. The Balaban J connectivity index is 1.48. The number of pyridine rings is 1. The van der Waals surface area contributed by atoms with Crippen LogP contribution in [-0.2, 0) is 4.74 Å². The Hall–Kier alpha value is -2.29. The van der Waals surface area contributed by atoms with Crippen molar-refractivity contribution < 1.29 is 4.74 Å². The molecule has 25 heavy (non-hydrogen) atoms. The second-order valence-corrected chi connectivity index (χ2v) is 6.13. The van der Waals surface area contributed by atoms with Gasteiger partial charge in [0.25, 0.3) is 5.56 Å². The first kappa shape index (κ1) is 17.5. The van der Waals surface area contributed by atoms with Gasteiger partial charge in [0.05, 0.1) is 25.0 Å². The Labute approximate surface area is 151 Å². The summed E-state index contributed by atoms with van der Waals surface area (Å²) < 4.78 is 5.31. The van der Waals surface area contributed by atoms with Gasteiger partial charge < -0.3 is 15.0 Å². The molecule has 8 heteroatoms. The molecule has 0 amide bonds. The summed E-state index contributed by atoms with van der Waals surface area (Å²) in [5.74, 6) is 0. The molecule has 0 unspecified atom stereocenters. The molecule has 1 aliphatic heterocycles. The second-order valence-electron chi connectivity index (χ2n) is 5.72. The fourth-order valence-electron chi connectivity index (χ4n) is 2.61. The molecular weight excluding hydrogens is 338 g/mol. The average molecular weight is 359 g/mol. The third-order valence-corrected chi connectivity index (χ3v) is 4.20. The standard InChI is InChI=1S/C17H21N5O2S/c23-16-14(11-13-3-1-2-4-15(13)20-16)12-19-21-17(25)18-5-6-22-7-9-24-10-8-22/h1-4,11-12H,5-10H2,(H,20,23)(H2,18,21,25)/b19-12+. The van der Waals surface area contributed by atoms with E-state index >= 15 is 0 Å².